The van der Waals surface area contributed by atoms with Gasteiger partial charge in [0.1, 0.15) is 29.2 Å². The number of ketones is 2. The summed E-state index contributed by atoms with van der Waals surface area (Å²) in [4.78, 5) is 42.4. The Hall–Kier alpha value is -8.16. The zero-order valence-electron chi connectivity index (χ0n) is 66.9. The number of allylic oxidation sites excluding steroid dienone is 6. The van der Waals surface area contributed by atoms with E-state index in [0.29, 0.717) is 34.5 Å². The number of thiophene rings is 4. The van der Waals surface area contributed by atoms with Gasteiger partial charge in [-0.25, -0.2) is 27.7 Å². The first-order valence-electron chi connectivity index (χ1n) is 41.9. The molecule has 0 radical (unpaired) electrons. The lowest BCUT2D eigenvalue weighted by molar-refractivity contribution is 0.103. The monoisotopic (exact) mass is 1590 g/mol. The summed E-state index contributed by atoms with van der Waals surface area (Å²) < 4.78 is 75.0. The van der Waals surface area contributed by atoms with Gasteiger partial charge in [-0.2, -0.15) is 10.5 Å². The maximum absolute atomic E-state index is 15.2. The van der Waals surface area contributed by atoms with Crippen LogP contribution in [0, 0.1) is 75.7 Å². The normalized spacial score (nSPS) is 15.1. The van der Waals surface area contributed by atoms with Gasteiger partial charge in [0.25, 0.3) is 5.70 Å². The molecular weight excluding hydrogens is 1480 g/mol. The van der Waals surface area contributed by atoms with Crippen LogP contribution in [0.5, 0.6) is 11.5 Å². The van der Waals surface area contributed by atoms with E-state index in [1.807, 2.05) is 30.3 Å². The summed E-state index contributed by atoms with van der Waals surface area (Å²) in [5.41, 5.74) is 2.87. The molecule has 112 heavy (non-hydrogen) atoms. The fourth-order valence-electron chi connectivity index (χ4n) is 16.3. The van der Waals surface area contributed by atoms with Crippen LogP contribution in [0.1, 0.15) is 319 Å². The van der Waals surface area contributed by atoms with Crippen molar-refractivity contribution in [1.29, 1.82) is 15.8 Å². The fraction of sp³-hybridized carbons (Fsp3) is 0.495. The first-order chi connectivity index (χ1) is 54.6. The molecule has 3 aliphatic rings. The van der Waals surface area contributed by atoms with Crippen molar-refractivity contribution in [2.75, 3.05) is 18.1 Å². The number of hydrogen-bond donors (Lipinski definition) is 0. The van der Waals surface area contributed by atoms with Crippen molar-refractivity contribution in [3.05, 3.63) is 173 Å². The molecule has 0 spiro atoms. The van der Waals surface area contributed by atoms with Gasteiger partial charge in [-0.3, -0.25) is 9.59 Å². The van der Waals surface area contributed by atoms with E-state index in [9.17, 15) is 25.4 Å². The number of nitrogens with zero attached hydrogens (tertiary/aromatic N) is 5. The molecule has 592 valence electrons. The largest absolute Gasteiger partial charge is 0.492 e. The number of aryl methyl sites for hydroxylation is 1. The van der Waals surface area contributed by atoms with Crippen LogP contribution < -0.4 is 14.4 Å². The van der Waals surface area contributed by atoms with Gasteiger partial charge < -0.3 is 14.4 Å². The number of fused-ring (bicyclic) bond motifs is 5. The molecule has 5 heterocycles. The number of carbonyl (C=O) groups is 2. The molecule has 0 saturated carbocycles. The summed E-state index contributed by atoms with van der Waals surface area (Å²) in [5.74, 6) is -4.35. The third kappa shape index (κ3) is 20.7. The first kappa shape index (κ1) is 86.3. The highest BCUT2D eigenvalue weighted by Gasteiger charge is 2.48. The summed E-state index contributed by atoms with van der Waals surface area (Å²) >= 11 is 6.28. The van der Waals surface area contributed by atoms with E-state index in [4.69, 9.17) is 16.0 Å². The number of unbranched alkanes of at least 4 members (excludes halogenated alkanes) is 23. The van der Waals surface area contributed by atoms with Gasteiger partial charge in [0.2, 0.25) is 0 Å². The molecule has 1 aliphatic heterocycles. The molecule has 9 nitrogen and oxygen atoms in total. The molecule has 3 aromatic carbocycles. The van der Waals surface area contributed by atoms with E-state index >= 15 is 17.6 Å². The zero-order chi connectivity index (χ0) is 79.7. The molecule has 2 atom stereocenters. The minimum atomic E-state index is -1.21. The molecule has 0 amide bonds. The number of benzene rings is 3. The maximum Gasteiger partial charge on any atom is 0.270 e. The lowest BCUT2D eigenvalue weighted by atomic mass is 9.75. The molecule has 2 aliphatic carbocycles. The first-order valence-corrected chi connectivity index (χ1v) is 45.1. The Morgan fingerprint density at radius 2 is 0.893 bits per heavy atom. The molecule has 0 saturated heterocycles. The highest BCUT2D eigenvalue weighted by Crippen LogP contribution is 2.64. The molecule has 17 heteroatoms. The topological polar surface area (TPSA) is 132 Å². The SMILES string of the molecule is [C-]#[N+]C(C#N)=C1/C(=C/c2cc(OCC(CC)CCCC)c(-c3cc4c(s3)-c3sc(-c5sc(/C=C6\C(=O)c7cc(F)c(F)cc7C6=C(C#N)C#N)cc5OCC(CC)CCCC)cc3C(CCCCCCCCCCCC)(CCCCCCCCCCCC)N4c3ccc(CCCCCC)cc3)s2)C(=O)c2cc(F)c(F)cc21. The summed E-state index contributed by atoms with van der Waals surface area (Å²) in [5, 5.41) is 31.2. The molecule has 10 rings (SSSR count). The highest BCUT2D eigenvalue weighted by molar-refractivity contribution is 7.29. The summed E-state index contributed by atoms with van der Waals surface area (Å²) in [7, 11) is 0. The van der Waals surface area contributed by atoms with Crippen LogP contribution >= 0.6 is 45.3 Å². The number of hydrogen-bond acceptors (Lipinski definition) is 12. The van der Waals surface area contributed by atoms with Gasteiger partial charge >= 0.3 is 0 Å². The summed E-state index contributed by atoms with van der Waals surface area (Å²) in [6.07, 6.45) is 42.1. The van der Waals surface area contributed by atoms with Gasteiger partial charge in [-0.15, -0.1) is 45.3 Å². The van der Waals surface area contributed by atoms with E-state index < -0.39 is 51.6 Å². The third-order valence-electron chi connectivity index (χ3n) is 22.8. The maximum atomic E-state index is 15.2. The Bertz CT molecular complexity index is 4650. The zero-order valence-corrected chi connectivity index (χ0v) is 70.2. The van der Waals surface area contributed by atoms with E-state index in [1.165, 1.54) is 130 Å². The van der Waals surface area contributed by atoms with Crippen LogP contribution in [0.2, 0.25) is 0 Å². The predicted octanol–water partition coefficient (Wildman–Crippen LogP) is 30.3. The van der Waals surface area contributed by atoms with Crippen LogP contribution in [0.15, 0.2) is 95.2 Å². The van der Waals surface area contributed by atoms with Crippen molar-refractivity contribution in [1.82, 2.24) is 0 Å². The quantitative estimate of drug-likeness (QED) is 0.0121. The molecule has 7 aromatic rings. The van der Waals surface area contributed by atoms with Gasteiger partial charge in [0.15, 0.2) is 34.8 Å². The number of Topliss-reactive ketones (excluding diaryl/α,β-unsaturated/α-hetero) is 2. The Morgan fingerprint density at radius 1 is 0.482 bits per heavy atom. The van der Waals surface area contributed by atoms with E-state index in [2.05, 4.69) is 94.6 Å². The second kappa shape index (κ2) is 42.8. The second-order valence-electron chi connectivity index (χ2n) is 30.8. The number of carbonyl (C=O) groups excluding carboxylic acids is 2. The Balaban J connectivity index is 1.22. The van der Waals surface area contributed by atoms with Crippen LogP contribution in [0.3, 0.4) is 0 Å². The smallest absolute Gasteiger partial charge is 0.270 e. The van der Waals surface area contributed by atoms with Crippen LogP contribution in [0.25, 0.3) is 57.4 Å². The molecular formula is C95H111F4N5O4S4. The summed E-state index contributed by atoms with van der Waals surface area (Å²) in [6.45, 7) is 24.4. The van der Waals surface area contributed by atoms with Crippen LogP contribution in [-0.2, 0) is 12.0 Å². The van der Waals surface area contributed by atoms with E-state index in [1.54, 1.807) is 34.8 Å². The third-order valence-corrected chi connectivity index (χ3v) is 27.7. The van der Waals surface area contributed by atoms with Crippen molar-refractivity contribution in [2.24, 2.45) is 11.8 Å². The fourth-order valence-corrected chi connectivity index (χ4v) is 21.2. The molecule has 4 aromatic heterocycles. The Morgan fingerprint density at radius 3 is 1.33 bits per heavy atom. The molecule has 0 fully saturated rings. The lowest BCUT2D eigenvalue weighted by Crippen LogP contribution is -2.45. The minimum absolute atomic E-state index is 0.00775. The van der Waals surface area contributed by atoms with Crippen molar-refractivity contribution in [3.63, 3.8) is 0 Å². The number of rotatable bonds is 46. The standard InChI is InChI=1S/C95H111F4N5O4S4/c1-9-16-21-24-26-28-30-32-34-37-46-95(47-38-35-33-31-29-27-25-22-17-10-2)76-56-85(93-83(107-61-63(14-6)39-19-12-4)50-68(109-93)48-74-87(66(58-100)59-101)70-52-77(96)79(98)54-72(70)89(74)105)111-91(76)92-82(104(95)67-44-42-65(43-45-67)41-36-23-18-11-3)57-86(112-92)94-84(108-62-64(15-7)40-20-13-5)51-69(110-94)49-75-88(81(60-102)103-8)71-53-78(97)80(99)55-73(71)90(75)106/h42-45,48-57,63-64H,9-41,46-47,61-62H2,1-7H3/b74-48-,75-49-,88-81?. The molecule has 0 N–H and O–H groups in total. The Kier molecular flexibility index (Phi) is 33.0. The van der Waals surface area contributed by atoms with Gasteiger partial charge in [0, 0.05) is 53.7 Å². The van der Waals surface area contributed by atoms with Crippen molar-refractivity contribution < 1.29 is 36.6 Å². The summed E-state index contributed by atoms with van der Waals surface area (Å²) in [6, 6.07) is 27.3. The average Bonchev–Trinajstić information content (AvgIpc) is 1.51. The lowest BCUT2D eigenvalue weighted by Gasteiger charge is -2.49. The van der Waals surface area contributed by atoms with Crippen LogP contribution in [0.4, 0.5) is 28.9 Å². The number of nitriles is 3. The minimum Gasteiger partial charge on any atom is -0.492 e. The highest BCUT2D eigenvalue weighted by atomic mass is 32.1. The number of halogens is 4. The number of anilines is 2. The van der Waals surface area contributed by atoms with E-state index in [0.717, 1.165) is 193 Å². The number of ether oxygens (including phenoxy) is 2. The average molecular weight is 1590 g/mol. The molecule has 0 bridgehead atoms. The van der Waals surface area contributed by atoms with Gasteiger partial charge in [0.05, 0.1) is 61.5 Å². The second-order valence-corrected chi connectivity index (χ2v) is 35.1. The van der Waals surface area contributed by atoms with Crippen molar-refractivity contribution >= 4 is 91.6 Å². The van der Waals surface area contributed by atoms with Gasteiger partial charge in [-0.05, 0) is 145 Å². The van der Waals surface area contributed by atoms with Gasteiger partial charge in [-0.1, -0.05) is 247 Å². The van der Waals surface area contributed by atoms with Crippen molar-refractivity contribution in [3.8, 4) is 59.0 Å². The predicted molar refractivity (Wildman–Crippen MR) is 457 cm³/mol. The van der Waals surface area contributed by atoms with Crippen molar-refractivity contribution in [2.45, 2.75) is 279 Å². The van der Waals surface area contributed by atoms with E-state index in [-0.39, 0.29) is 56.4 Å². The molecule has 2 unspecified atom stereocenters. The Labute approximate surface area is 680 Å². The van der Waals surface area contributed by atoms with Crippen LogP contribution in [-0.4, -0.2) is 24.8 Å².